The molecule has 0 spiro atoms. The maximum atomic E-state index is 11.8. The maximum absolute atomic E-state index is 11.8. The van der Waals surface area contributed by atoms with Gasteiger partial charge < -0.3 is 15.5 Å². The first-order chi connectivity index (χ1) is 9.39. The van der Waals surface area contributed by atoms with Gasteiger partial charge in [-0.05, 0) is 74.1 Å². The van der Waals surface area contributed by atoms with Crippen molar-refractivity contribution in [2.45, 2.75) is 96.1 Å². The van der Waals surface area contributed by atoms with E-state index in [0.717, 1.165) is 25.7 Å². The van der Waals surface area contributed by atoms with Crippen LogP contribution >= 0.6 is 11.9 Å². The molecule has 1 rings (SSSR count). The van der Waals surface area contributed by atoms with Crippen molar-refractivity contribution < 1.29 is 16.4 Å². The first-order valence-corrected chi connectivity index (χ1v) is 8.65. The zero-order chi connectivity index (χ0) is 16.3. The zero-order valence-corrected chi connectivity index (χ0v) is 15.9. The van der Waals surface area contributed by atoms with Crippen molar-refractivity contribution in [3.63, 3.8) is 0 Å². The molecule has 1 fully saturated rings. The van der Waals surface area contributed by atoms with E-state index in [1.807, 2.05) is 20.8 Å². The average Bonchev–Trinajstić information content (AvgIpc) is 2.27. The molecular formula is C16H36N2O3S. The lowest BCUT2D eigenvalue weighted by molar-refractivity contribution is 0.0484. The highest BCUT2D eigenvalue weighted by molar-refractivity contribution is 7.98. The highest BCUT2D eigenvalue weighted by atomic mass is 32.2. The Morgan fingerprint density at radius 3 is 2.09 bits per heavy atom. The van der Waals surface area contributed by atoms with Crippen LogP contribution in [0.15, 0.2) is 0 Å². The smallest absolute Gasteiger partial charge is 0.407 e. The van der Waals surface area contributed by atoms with Crippen LogP contribution in [0, 0.1) is 0 Å². The Hall–Kier alpha value is -0.460. The van der Waals surface area contributed by atoms with Crippen molar-refractivity contribution in [3.05, 3.63) is 0 Å². The molecule has 22 heavy (non-hydrogen) atoms. The van der Waals surface area contributed by atoms with Crippen LogP contribution in [0.4, 0.5) is 4.79 Å². The number of carbonyl (C=O) groups is 1. The summed E-state index contributed by atoms with van der Waals surface area (Å²) in [6.45, 7) is 14.6. The summed E-state index contributed by atoms with van der Waals surface area (Å²) < 4.78 is 9.15. The van der Waals surface area contributed by atoms with Crippen molar-refractivity contribution in [2.75, 3.05) is 0 Å². The number of rotatable bonds is 3. The first-order valence-electron chi connectivity index (χ1n) is 7.83. The number of carbonyl (C=O) groups excluding carboxylic acids is 1. The Labute approximate surface area is 141 Å². The molecule has 0 atom stereocenters. The van der Waals surface area contributed by atoms with Crippen LogP contribution in [0.3, 0.4) is 0 Å². The lowest BCUT2D eigenvalue weighted by Gasteiger charge is -2.39. The van der Waals surface area contributed by atoms with Crippen molar-refractivity contribution >= 4 is 18.0 Å². The third-order valence-corrected chi connectivity index (χ3v) is 4.62. The van der Waals surface area contributed by atoms with Gasteiger partial charge in [-0.25, -0.2) is 4.79 Å². The second-order valence-corrected chi connectivity index (χ2v) is 9.93. The third-order valence-electron chi connectivity index (χ3n) is 3.41. The Morgan fingerprint density at radius 2 is 1.68 bits per heavy atom. The number of hydrogen-bond donors (Lipinski definition) is 2. The molecule has 0 unspecified atom stereocenters. The van der Waals surface area contributed by atoms with E-state index in [2.05, 4.69) is 37.7 Å². The summed E-state index contributed by atoms with van der Waals surface area (Å²) in [5.41, 5.74) is -0.276. The van der Waals surface area contributed by atoms with E-state index in [4.69, 9.17) is 4.74 Å². The maximum Gasteiger partial charge on any atom is 0.407 e. The predicted octanol–water partition coefficient (Wildman–Crippen LogP) is 3.67. The number of hydrogen-bond acceptors (Lipinski definition) is 4. The summed E-state index contributed by atoms with van der Waals surface area (Å²) in [5.74, 6) is 0. The number of amides is 1. The predicted molar refractivity (Wildman–Crippen MR) is 96.2 cm³/mol. The van der Waals surface area contributed by atoms with E-state index < -0.39 is 5.60 Å². The van der Waals surface area contributed by atoms with Gasteiger partial charge in [0.05, 0.1) is 0 Å². The number of ether oxygens (including phenoxy) is 1. The summed E-state index contributed by atoms with van der Waals surface area (Å²) in [4.78, 5) is 11.8. The number of nitrogens with one attached hydrogen (secondary N) is 2. The fourth-order valence-electron chi connectivity index (χ4n) is 2.25. The fourth-order valence-corrected chi connectivity index (χ4v) is 3.01. The quantitative estimate of drug-likeness (QED) is 0.770. The monoisotopic (exact) mass is 336 g/mol. The molecule has 0 aromatic rings. The van der Waals surface area contributed by atoms with Crippen LogP contribution in [0.2, 0.25) is 0 Å². The van der Waals surface area contributed by atoms with Crippen LogP contribution in [0.25, 0.3) is 0 Å². The molecule has 0 aromatic heterocycles. The molecule has 1 aliphatic carbocycles. The Kier molecular flexibility index (Phi) is 7.72. The van der Waals surface area contributed by atoms with Gasteiger partial charge >= 0.3 is 6.09 Å². The van der Waals surface area contributed by atoms with Gasteiger partial charge in [0.25, 0.3) is 0 Å². The molecule has 0 saturated heterocycles. The van der Waals surface area contributed by atoms with Crippen LogP contribution in [0.5, 0.6) is 0 Å². The van der Waals surface area contributed by atoms with Crippen molar-refractivity contribution in [3.8, 4) is 0 Å². The molecule has 0 aliphatic heterocycles. The molecule has 1 saturated carbocycles. The minimum absolute atomic E-state index is 0. The minimum atomic E-state index is -0.432. The average molecular weight is 337 g/mol. The third kappa shape index (κ3) is 8.86. The van der Waals surface area contributed by atoms with E-state index >= 15 is 0 Å². The minimum Gasteiger partial charge on any atom is -0.444 e. The molecular weight excluding hydrogens is 300 g/mol. The van der Waals surface area contributed by atoms with Gasteiger partial charge in [-0.15, -0.1) is 0 Å². The van der Waals surface area contributed by atoms with Crippen molar-refractivity contribution in [1.29, 1.82) is 0 Å². The van der Waals surface area contributed by atoms with Crippen LogP contribution < -0.4 is 10.0 Å². The van der Waals surface area contributed by atoms with Crippen LogP contribution in [-0.4, -0.2) is 33.5 Å². The van der Waals surface area contributed by atoms with Crippen LogP contribution in [0.1, 0.15) is 75.6 Å². The van der Waals surface area contributed by atoms with Crippen LogP contribution in [-0.2, 0) is 4.74 Å². The van der Waals surface area contributed by atoms with Crippen molar-refractivity contribution in [2.24, 2.45) is 0 Å². The highest BCUT2D eigenvalue weighted by Crippen LogP contribution is 2.32. The fraction of sp³-hybridized carbons (Fsp3) is 0.938. The van der Waals surface area contributed by atoms with Gasteiger partial charge in [-0.1, -0.05) is 11.9 Å². The van der Waals surface area contributed by atoms with Gasteiger partial charge in [0.2, 0.25) is 0 Å². The first kappa shape index (κ1) is 21.5. The van der Waals surface area contributed by atoms with Gasteiger partial charge in [-0.2, -0.15) is 0 Å². The van der Waals surface area contributed by atoms with E-state index in [1.54, 1.807) is 11.9 Å². The highest BCUT2D eigenvalue weighted by Gasteiger charge is 2.33. The standard InChI is InChI=1S/C16H32N2O2S.H2O.H2/c1-14(2,3)20-13(19)17-12-8-10-16(7,11-9-12)18-21-15(4,5)6;;/h12,18H,8-11H2,1-7H3,(H,17,19);1H2;1H. The summed E-state index contributed by atoms with van der Waals surface area (Å²) in [6.07, 6.45) is 3.82. The van der Waals surface area contributed by atoms with Gasteiger partial charge in [0.1, 0.15) is 5.60 Å². The molecule has 0 bridgehead atoms. The molecule has 134 valence electrons. The number of alkyl carbamates (subject to hydrolysis) is 1. The molecule has 4 N–H and O–H groups in total. The summed E-state index contributed by atoms with van der Waals surface area (Å²) in [5, 5.41) is 2.99. The van der Waals surface area contributed by atoms with Gasteiger partial charge in [0, 0.05) is 17.8 Å². The second-order valence-electron chi connectivity index (χ2n) is 8.30. The molecule has 6 heteroatoms. The van der Waals surface area contributed by atoms with Gasteiger partial charge in [-0.3, -0.25) is 4.72 Å². The zero-order valence-electron chi connectivity index (χ0n) is 15.1. The van der Waals surface area contributed by atoms with E-state index in [0.29, 0.717) is 0 Å². The SMILES string of the molecule is CC1(NSC(C)(C)C)CCC(NC(=O)OC(C)(C)C)CC1.O.[HH]. The van der Waals surface area contributed by atoms with E-state index in [-0.39, 0.29) is 29.3 Å². The second kappa shape index (κ2) is 7.88. The molecule has 0 radical (unpaired) electrons. The largest absolute Gasteiger partial charge is 0.444 e. The molecule has 5 nitrogen and oxygen atoms in total. The topological polar surface area (TPSA) is 81.9 Å². The van der Waals surface area contributed by atoms with E-state index in [9.17, 15) is 4.79 Å². The summed E-state index contributed by atoms with van der Waals surface area (Å²) in [7, 11) is 0. The normalized spacial score (nSPS) is 26.0. The lowest BCUT2D eigenvalue weighted by Crippen LogP contribution is -2.48. The Morgan fingerprint density at radius 1 is 1.18 bits per heavy atom. The molecule has 1 aliphatic rings. The molecule has 0 heterocycles. The molecule has 1 amide bonds. The summed E-state index contributed by atoms with van der Waals surface area (Å²) in [6, 6.07) is 0.231. The lowest BCUT2D eigenvalue weighted by atomic mass is 9.82. The van der Waals surface area contributed by atoms with Crippen molar-refractivity contribution in [1.82, 2.24) is 10.0 Å². The molecule has 0 aromatic carbocycles. The Balaban J connectivity index is 0. The Bertz CT molecular complexity index is 359. The van der Waals surface area contributed by atoms with E-state index in [1.165, 1.54) is 0 Å². The van der Waals surface area contributed by atoms with Gasteiger partial charge in [0.15, 0.2) is 0 Å². The summed E-state index contributed by atoms with van der Waals surface area (Å²) >= 11 is 1.80.